The molecule has 2 heterocycles. The molecule has 7 heteroatoms. The number of benzene rings is 1. The molecule has 0 saturated heterocycles. The average Bonchev–Trinajstić information content (AvgIpc) is 2.47. The van der Waals surface area contributed by atoms with Gasteiger partial charge in [0.15, 0.2) is 5.82 Å². The minimum absolute atomic E-state index is 0.0823. The molecule has 1 aromatic carbocycles. The molecule has 0 spiro atoms. The van der Waals surface area contributed by atoms with Gasteiger partial charge in [-0.1, -0.05) is 0 Å². The second-order valence-electron chi connectivity index (χ2n) is 4.36. The minimum Gasteiger partial charge on any atom is -0.324 e. The highest BCUT2D eigenvalue weighted by Crippen LogP contribution is 2.33. The summed E-state index contributed by atoms with van der Waals surface area (Å²) < 4.78 is 13.5. The van der Waals surface area contributed by atoms with Crippen molar-refractivity contribution in [3.8, 4) is 0 Å². The maximum Gasteiger partial charge on any atom is 0.258 e. The van der Waals surface area contributed by atoms with Gasteiger partial charge in [0.25, 0.3) is 5.91 Å². The first-order valence-electron chi connectivity index (χ1n) is 6.11. The summed E-state index contributed by atoms with van der Waals surface area (Å²) in [6, 6.07) is 6.47. The van der Waals surface area contributed by atoms with Gasteiger partial charge in [-0.2, -0.15) is 0 Å². The quantitative estimate of drug-likeness (QED) is 0.894. The van der Waals surface area contributed by atoms with Crippen LogP contribution < -0.4 is 10.6 Å². The number of pyridine rings is 1. The summed E-state index contributed by atoms with van der Waals surface area (Å²) in [6.45, 7) is 0. The highest BCUT2D eigenvalue weighted by Gasteiger charge is 2.17. The summed E-state index contributed by atoms with van der Waals surface area (Å²) >= 11 is 1.43. The number of amides is 2. The zero-order valence-corrected chi connectivity index (χ0v) is 11.5. The fraction of sp³-hybridized carbons (Fsp3) is 0.0714. The molecule has 5 nitrogen and oxygen atoms in total. The third-order valence-electron chi connectivity index (χ3n) is 2.89. The van der Waals surface area contributed by atoms with Crippen LogP contribution in [-0.4, -0.2) is 22.6 Å². The Morgan fingerprint density at radius 2 is 2.24 bits per heavy atom. The van der Waals surface area contributed by atoms with Crippen molar-refractivity contribution in [3.05, 3.63) is 48.0 Å². The largest absolute Gasteiger partial charge is 0.324 e. The van der Waals surface area contributed by atoms with E-state index in [-0.39, 0.29) is 11.5 Å². The standard InChI is InChI=1S/C14H10FN3O2S/c15-10-6-16-4-3-9(10)14(20)17-8-1-2-12-11(5-8)18-13(19)7-21-12/h1-6H,7H2,(H,17,20)(H,18,19). The predicted octanol–water partition coefficient (Wildman–Crippen LogP) is 2.52. The molecule has 0 unspecified atom stereocenters. The molecule has 0 saturated carbocycles. The lowest BCUT2D eigenvalue weighted by atomic mass is 10.2. The van der Waals surface area contributed by atoms with Crippen molar-refractivity contribution in [1.82, 2.24) is 4.98 Å². The van der Waals surface area contributed by atoms with Crippen molar-refractivity contribution in [2.75, 3.05) is 16.4 Å². The van der Waals surface area contributed by atoms with Crippen LogP contribution >= 0.6 is 11.8 Å². The van der Waals surface area contributed by atoms with E-state index in [9.17, 15) is 14.0 Å². The Morgan fingerprint density at radius 3 is 3.05 bits per heavy atom. The van der Waals surface area contributed by atoms with Crippen molar-refractivity contribution in [2.24, 2.45) is 0 Å². The highest BCUT2D eigenvalue weighted by molar-refractivity contribution is 8.00. The zero-order chi connectivity index (χ0) is 14.8. The molecule has 0 bridgehead atoms. The van der Waals surface area contributed by atoms with Crippen LogP contribution in [0.3, 0.4) is 0 Å². The molecule has 3 rings (SSSR count). The second-order valence-corrected chi connectivity index (χ2v) is 5.37. The number of rotatable bonds is 2. The van der Waals surface area contributed by atoms with Crippen LogP contribution in [0.25, 0.3) is 0 Å². The van der Waals surface area contributed by atoms with Gasteiger partial charge in [0.2, 0.25) is 5.91 Å². The van der Waals surface area contributed by atoms with Gasteiger partial charge in [-0.05, 0) is 24.3 Å². The Labute approximate surface area is 124 Å². The Hall–Kier alpha value is -2.41. The molecule has 0 aliphatic carbocycles. The van der Waals surface area contributed by atoms with Gasteiger partial charge in [-0.3, -0.25) is 14.6 Å². The Balaban J connectivity index is 1.82. The van der Waals surface area contributed by atoms with Crippen LogP contribution in [0.2, 0.25) is 0 Å². The predicted molar refractivity (Wildman–Crippen MR) is 77.9 cm³/mol. The normalized spacial score (nSPS) is 13.3. The SMILES string of the molecule is O=C1CSc2ccc(NC(=O)c3ccncc3F)cc2N1. The monoisotopic (exact) mass is 303 g/mol. The summed E-state index contributed by atoms with van der Waals surface area (Å²) in [5, 5.41) is 5.33. The molecule has 1 aromatic heterocycles. The number of fused-ring (bicyclic) bond motifs is 1. The van der Waals surface area contributed by atoms with Crippen molar-refractivity contribution in [2.45, 2.75) is 4.90 Å². The van der Waals surface area contributed by atoms with Crippen LogP contribution in [0.4, 0.5) is 15.8 Å². The van der Waals surface area contributed by atoms with Crippen molar-refractivity contribution < 1.29 is 14.0 Å². The van der Waals surface area contributed by atoms with E-state index in [2.05, 4.69) is 15.6 Å². The van der Waals surface area contributed by atoms with Gasteiger partial charge in [0.1, 0.15) is 0 Å². The number of hydrogen-bond acceptors (Lipinski definition) is 4. The smallest absolute Gasteiger partial charge is 0.258 e. The lowest BCUT2D eigenvalue weighted by Crippen LogP contribution is -2.19. The summed E-state index contributed by atoms with van der Waals surface area (Å²) in [6.07, 6.45) is 2.33. The van der Waals surface area contributed by atoms with Gasteiger partial charge >= 0.3 is 0 Å². The van der Waals surface area contributed by atoms with Crippen LogP contribution in [-0.2, 0) is 4.79 Å². The van der Waals surface area contributed by atoms with Crippen molar-refractivity contribution in [3.63, 3.8) is 0 Å². The molecule has 0 radical (unpaired) electrons. The van der Waals surface area contributed by atoms with Crippen LogP contribution in [0.1, 0.15) is 10.4 Å². The maximum atomic E-state index is 13.5. The van der Waals surface area contributed by atoms with Crippen molar-refractivity contribution in [1.29, 1.82) is 0 Å². The van der Waals surface area contributed by atoms with E-state index >= 15 is 0 Å². The second kappa shape index (κ2) is 5.53. The fourth-order valence-corrected chi connectivity index (χ4v) is 2.71. The number of halogens is 1. The van der Waals surface area contributed by atoms with E-state index in [4.69, 9.17) is 0 Å². The molecule has 0 atom stereocenters. The number of carbonyl (C=O) groups excluding carboxylic acids is 2. The first-order valence-corrected chi connectivity index (χ1v) is 7.09. The molecule has 1 aliphatic heterocycles. The third kappa shape index (κ3) is 2.87. The Kier molecular flexibility index (Phi) is 3.57. The number of hydrogen-bond donors (Lipinski definition) is 2. The van der Waals surface area contributed by atoms with E-state index in [1.807, 2.05) is 0 Å². The maximum absolute atomic E-state index is 13.5. The molecular weight excluding hydrogens is 293 g/mol. The molecule has 106 valence electrons. The van der Waals surface area contributed by atoms with Crippen LogP contribution in [0.15, 0.2) is 41.6 Å². The summed E-state index contributed by atoms with van der Waals surface area (Å²) in [5.41, 5.74) is 1.04. The first-order chi connectivity index (χ1) is 10.1. The van der Waals surface area contributed by atoms with E-state index in [1.165, 1.54) is 24.0 Å². The van der Waals surface area contributed by atoms with Gasteiger partial charge in [-0.15, -0.1) is 11.8 Å². The molecule has 0 fully saturated rings. The van der Waals surface area contributed by atoms with Gasteiger partial charge in [-0.25, -0.2) is 4.39 Å². The summed E-state index contributed by atoms with van der Waals surface area (Å²) in [7, 11) is 0. The van der Waals surface area contributed by atoms with Gasteiger partial charge in [0, 0.05) is 16.8 Å². The van der Waals surface area contributed by atoms with Gasteiger partial charge in [0.05, 0.1) is 23.2 Å². The van der Waals surface area contributed by atoms with Crippen LogP contribution in [0, 0.1) is 5.82 Å². The van der Waals surface area contributed by atoms with Crippen LogP contribution in [0.5, 0.6) is 0 Å². The Bertz CT molecular complexity index is 736. The number of carbonyl (C=O) groups is 2. The molecule has 1 aliphatic rings. The number of thioether (sulfide) groups is 1. The fourth-order valence-electron chi connectivity index (χ4n) is 1.92. The topological polar surface area (TPSA) is 71.1 Å². The lowest BCUT2D eigenvalue weighted by Gasteiger charge is -2.17. The first kappa shape index (κ1) is 13.6. The molecule has 2 amide bonds. The summed E-state index contributed by atoms with van der Waals surface area (Å²) in [5.74, 6) is -0.960. The minimum atomic E-state index is -0.684. The number of anilines is 2. The molecular formula is C14H10FN3O2S. The lowest BCUT2D eigenvalue weighted by molar-refractivity contribution is -0.113. The number of nitrogens with zero attached hydrogens (tertiary/aromatic N) is 1. The third-order valence-corrected chi connectivity index (χ3v) is 3.96. The molecule has 2 aromatic rings. The van der Waals surface area contributed by atoms with Crippen molar-refractivity contribution >= 4 is 35.0 Å². The molecule has 2 N–H and O–H groups in total. The average molecular weight is 303 g/mol. The van der Waals surface area contributed by atoms with E-state index in [0.29, 0.717) is 17.1 Å². The summed E-state index contributed by atoms with van der Waals surface area (Å²) in [4.78, 5) is 27.9. The van der Waals surface area contributed by atoms with Gasteiger partial charge < -0.3 is 10.6 Å². The number of aromatic nitrogens is 1. The number of nitrogens with one attached hydrogen (secondary N) is 2. The zero-order valence-electron chi connectivity index (χ0n) is 10.7. The Morgan fingerprint density at radius 1 is 1.38 bits per heavy atom. The molecule has 21 heavy (non-hydrogen) atoms. The highest BCUT2D eigenvalue weighted by atomic mass is 32.2. The van der Waals surface area contributed by atoms with E-state index in [1.54, 1.807) is 18.2 Å². The van der Waals surface area contributed by atoms with E-state index in [0.717, 1.165) is 11.1 Å². The van der Waals surface area contributed by atoms with E-state index < -0.39 is 11.7 Å².